The van der Waals surface area contributed by atoms with E-state index in [1.807, 2.05) is 0 Å². The van der Waals surface area contributed by atoms with Crippen molar-refractivity contribution in [3.05, 3.63) is 0 Å². The van der Waals surface area contributed by atoms with Gasteiger partial charge in [0, 0.05) is 21.1 Å². The lowest BCUT2D eigenvalue weighted by atomic mass is 10.3. The van der Waals surface area contributed by atoms with Crippen LogP contribution in [0.5, 0.6) is 0 Å². The Morgan fingerprint density at radius 1 is 1.67 bits per heavy atom. The normalized spacial score (nSPS) is 27.3. The highest BCUT2D eigenvalue weighted by Gasteiger charge is 1.86. The molecular weight excluding hydrogens is 76.1 g/mol. The molecule has 36 valence electrons. The highest BCUT2D eigenvalue weighted by Crippen LogP contribution is 1.82. The van der Waals surface area contributed by atoms with Crippen molar-refractivity contribution < 1.29 is 13.0 Å². The van der Waals surface area contributed by atoms with Crippen LogP contribution in [0.4, 0.5) is 0 Å². The number of carbonyl (C=O) groups is 1. The van der Waals surface area contributed by atoms with Crippen LogP contribution in [0.3, 0.4) is 0 Å². The van der Waals surface area contributed by atoms with E-state index in [2.05, 4.69) is 0 Å². The van der Waals surface area contributed by atoms with Crippen molar-refractivity contribution in [3.63, 3.8) is 0 Å². The van der Waals surface area contributed by atoms with Crippen molar-refractivity contribution >= 4 is 5.78 Å². The molecule has 6 heavy (non-hydrogen) atoms. The number of hydrogen-bond acceptors (Lipinski definition) is 1. The fourth-order valence-corrected chi connectivity index (χ4v) is 0.0625. The molecule has 0 aromatic carbocycles. The molecule has 0 saturated carbocycles. The summed E-state index contributed by atoms with van der Waals surface area (Å²) >= 11 is 0. The van der Waals surface area contributed by atoms with Crippen LogP contribution >= 0.6 is 0 Å². The van der Waals surface area contributed by atoms with Gasteiger partial charge in [0.1, 0.15) is 5.78 Å². The van der Waals surface area contributed by atoms with Crippen molar-refractivity contribution in [1.29, 1.82) is 0 Å². The van der Waals surface area contributed by atoms with Crippen LogP contribution in [-0.2, 0) is 4.79 Å². The van der Waals surface area contributed by atoms with Gasteiger partial charge >= 0.3 is 0 Å². The van der Waals surface area contributed by atoms with E-state index in [1.54, 1.807) is 0 Å². The second kappa shape index (κ2) is 2.88. The van der Waals surface area contributed by atoms with E-state index in [-0.39, 0.29) is 0 Å². The third kappa shape index (κ3) is 1.94. The number of ketones is 1. The van der Waals surface area contributed by atoms with Gasteiger partial charge in [-0.1, -0.05) is 13.7 Å². The maximum absolute atomic E-state index is 10.8. The Morgan fingerprint density at radius 3 is 2.50 bits per heavy atom. The number of rotatable bonds is 2. The van der Waals surface area contributed by atoms with Crippen LogP contribution in [0.25, 0.3) is 0 Å². The second-order valence-electron chi connectivity index (χ2n) is 0.892. The molecule has 0 fully saturated rings. The summed E-state index contributed by atoms with van der Waals surface area (Å²) in [5.74, 6) is -0.741. The fourth-order valence-electron chi connectivity index (χ4n) is 0.0625. The summed E-state index contributed by atoms with van der Waals surface area (Å²) < 4.78 is 40.2. The fraction of sp³-hybridized carbons (Fsp3) is 0.800. The van der Waals surface area contributed by atoms with Crippen molar-refractivity contribution in [2.24, 2.45) is 0 Å². The van der Waals surface area contributed by atoms with Crippen LogP contribution in [-0.4, -0.2) is 5.78 Å². The van der Waals surface area contributed by atoms with E-state index < -0.39 is 32.3 Å². The Hall–Kier alpha value is -0.330. The van der Waals surface area contributed by atoms with Gasteiger partial charge in [0.25, 0.3) is 0 Å². The topological polar surface area (TPSA) is 17.1 Å². The van der Waals surface area contributed by atoms with Gasteiger partial charge in [0.05, 0.1) is 0 Å². The molecule has 0 rings (SSSR count). The predicted octanol–water partition coefficient (Wildman–Crippen LogP) is 1.38. The highest BCUT2D eigenvalue weighted by atomic mass is 16.1. The number of carbonyl (C=O) groups excluding carboxylic acids is 1. The minimum Gasteiger partial charge on any atom is -0.300 e. The Balaban J connectivity index is 3.92. The van der Waals surface area contributed by atoms with Gasteiger partial charge in [-0.2, -0.15) is 0 Å². The maximum Gasteiger partial charge on any atom is 0.132 e. The highest BCUT2D eigenvalue weighted by molar-refractivity contribution is 5.77. The van der Waals surface area contributed by atoms with Crippen LogP contribution in [0.2, 0.25) is 0 Å². The maximum atomic E-state index is 10.8. The van der Waals surface area contributed by atoms with Gasteiger partial charge in [0.15, 0.2) is 0 Å². The van der Waals surface area contributed by atoms with E-state index in [1.165, 1.54) is 0 Å². The van der Waals surface area contributed by atoms with Crippen molar-refractivity contribution in [1.82, 2.24) is 0 Å². The average molecular weight is 92.2 g/mol. The third-order valence-electron chi connectivity index (χ3n) is 0.394. The van der Waals surface area contributed by atoms with Crippen molar-refractivity contribution in [3.8, 4) is 0 Å². The molecular formula is C5H10O. The number of hydrogen-bond donors (Lipinski definition) is 0. The lowest BCUT2D eigenvalue weighted by molar-refractivity contribution is -0.118. The van der Waals surface area contributed by atoms with Crippen molar-refractivity contribution in [2.45, 2.75) is 26.5 Å². The summed E-state index contributed by atoms with van der Waals surface area (Å²) in [6.07, 6.45) is -1.32. The average Bonchev–Trinajstić information content (AvgIpc) is 1.49. The SMILES string of the molecule is [2H]C([2H])([2H])CC(=O)CC([2H])([2H])[2H]. The summed E-state index contributed by atoms with van der Waals surface area (Å²) in [6, 6.07) is 0. The standard InChI is InChI=1S/C5H10O/c1-3-5(6)4-2/h3-4H2,1-2H3/i1D3,2D3. The summed E-state index contributed by atoms with van der Waals surface area (Å²) in [6.45, 7) is -4.72. The molecule has 0 aliphatic rings. The molecule has 0 aliphatic heterocycles. The molecule has 0 aromatic heterocycles. The van der Waals surface area contributed by atoms with E-state index in [0.717, 1.165) is 0 Å². The zero-order chi connectivity index (χ0) is 9.99. The third-order valence-corrected chi connectivity index (χ3v) is 0.394. The Kier molecular flexibility index (Phi) is 0.522. The van der Waals surface area contributed by atoms with Gasteiger partial charge in [-0.3, -0.25) is 4.79 Å². The van der Waals surface area contributed by atoms with Crippen LogP contribution in [0.15, 0.2) is 0 Å². The first-order valence-corrected chi connectivity index (χ1v) is 1.62. The first kappa shape index (κ1) is 1.09. The zero-order valence-electron chi connectivity index (χ0n) is 9.32. The van der Waals surface area contributed by atoms with Crippen LogP contribution in [0, 0.1) is 0 Å². The lowest BCUT2D eigenvalue weighted by Gasteiger charge is -1.81. The van der Waals surface area contributed by atoms with Crippen LogP contribution < -0.4 is 0 Å². The van der Waals surface area contributed by atoms with Crippen molar-refractivity contribution in [2.75, 3.05) is 0 Å². The molecule has 1 heteroatoms. The molecule has 0 radical (unpaired) electrons. The molecule has 0 N–H and O–H groups in total. The molecule has 0 aromatic rings. The smallest absolute Gasteiger partial charge is 0.132 e. The Morgan fingerprint density at radius 2 is 2.17 bits per heavy atom. The molecule has 0 heterocycles. The Labute approximate surface area is 46.8 Å². The quantitative estimate of drug-likeness (QED) is 0.503. The zero-order valence-corrected chi connectivity index (χ0v) is 3.32. The predicted molar refractivity (Wildman–Crippen MR) is 25.6 cm³/mol. The van der Waals surface area contributed by atoms with E-state index in [0.29, 0.717) is 0 Å². The van der Waals surface area contributed by atoms with Gasteiger partial charge < -0.3 is 0 Å². The molecule has 0 saturated heterocycles. The summed E-state index contributed by atoms with van der Waals surface area (Å²) in [5.41, 5.74) is 0. The second-order valence-corrected chi connectivity index (χ2v) is 0.892. The molecule has 1 nitrogen and oxygen atoms in total. The molecule has 0 unspecified atom stereocenters. The van der Waals surface area contributed by atoms with E-state index in [9.17, 15) is 4.79 Å². The molecule has 0 amide bonds. The first-order valence-electron chi connectivity index (χ1n) is 4.62. The minimum absolute atomic E-state index is 0.661. The summed E-state index contributed by atoms with van der Waals surface area (Å²) in [5, 5.41) is 0. The number of Topliss-reactive ketones (excluding diaryl/α,β-unsaturated/α-hetero) is 1. The molecule has 0 bridgehead atoms. The molecule has 0 spiro atoms. The first-order chi connectivity index (χ1) is 5.10. The van der Waals surface area contributed by atoms with Gasteiger partial charge in [-0.05, 0) is 0 Å². The lowest BCUT2D eigenvalue weighted by Crippen LogP contribution is -1.88. The van der Waals surface area contributed by atoms with E-state index >= 15 is 0 Å². The molecule has 0 atom stereocenters. The van der Waals surface area contributed by atoms with Gasteiger partial charge in [-0.25, -0.2) is 0 Å². The minimum atomic E-state index is -2.36. The molecule has 0 aliphatic carbocycles. The Bertz CT molecular complexity index is 148. The van der Waals surface area contributed by atoms with Gasteiger partial charge in [0.2, 0.25) is 0 Å². The van der Waals surface area contributed by atoms with E-state index in [4.69, 9.17) is 8.22 Å². The van der Waals surface area contributed by atoms with Crippen LogP contribution in [0.1, 0.15) is 34.8 Å². The summed E-state index contributed by atoms with van der Waals surface area (Å²) in [4.78, 5) is 10.8. The largest absolute Gasteiger partial charge is 0.300 e. The van der Waals surface area contributed by atoms with Gasteiger partial charge in [-0.15, -0.1) is 0 Å². The monoisotopic (exact) mass is 92.1 g/mol. The summed E-state index contributed by atoms with van der Waals surface area (Å²) in [7, 11) is 0.